The van der Waals surface area contributed by atoms with Gasteiger partial charge in [0.05, 0.1) is 16.7 Å². The molecule has 3 atom stereocenters. The van der Waals surface area contributed by atoms with E-state index >= 15 is 0 Å². The summed E-state index contributed by atoms with van der Waals surface area (Å²) in [7, 11) is -1.18. The van der Waals surface area contributed by atoms with E-state index in [9.17, 15) is 9.59 Å². The van der Waals surface area contributed by atoms with Crippen LogP contribution in [0.1, 0.15) is 40.3 Å². The van der Waals surface area contributed by atoms with Crippen LogP contribution >= 0.6 is 11.8 Å². The van der Waals surface area contributed by atoms with Crippen molar-refractivity contribution in [1.29, 1.82) is 0 Å². The van der Waals surface area contributed by atoms with Crippen LogP contribution in [0.3, 0.4) is 0 Å². The van der Waals surface area contributed by atoms with Crippen molar-refractivity contribution in [3.63, 3.8) is 0 Å². The molecule has 1 N–H and O–H groups in total. The molecule has 1 aliphatic carbocycles. The van der Waals surface area contributed by atoms with E-state index in [1.807, 2.05) is 45.4 Å². The lowest BCUT2D eigenvalue weighted by molar-refractivity contribution is -0.125. The molecule has 8 nitrogen and oxygen atoms in total. The van der Waals surface area contributed by atoms with E-state index in [0.29, 0.717) is 19.8 Å². The fourth-order valence-electron chi connectivity index (χ4n) is 5.29. The maximum Gasteiger partial charge on any atom is 0.410 e. The number of rotatable bonds is 9. The largest absolute Gasteiger partial charge is 0.444 e. The van der Waals surface area contributed by atoms with Gasteiger partial charge in [-0.25, -0.2) is 9.48 Å². The highest BCUT2D eigenvalue weighted by Gasteiger charge is 2.61. The summed E-state index contributed by atoms with van der Waals surface area (Å²) in [6.45, 7) is 18.9. The number of hydrogen-bond acceptors (Lipinski definition) is 6. The Hall–Kier alpha value is -2.04. The number of carbonyl (C=O) groups is 2. The molecule has 1 aliphatic heterocycles. The van der Waals surface area contributed by atoms with Gasteiger partial charge in [-0.05, 0) is 64.8 Å². The van der Waals surface area contributed by atoms with Crippen LogP contribution in [-0.4, -0.2) is 66.3 Å². The topological polar surface area (TPSA) is 85.7 Å². The molecule has 1 aromatic carbocycles. The standard InChI is InChI=1S/C28H44N4O4SSi/c1-27(2,3)36-26(34)31-15-19-20(16-31)22(19)25(33)29-28(4,5)24-18-11-10-12-21(37-6)23(18)32(30-24)17-35-13-14-38(7,8)9/h10-12,19-20,22H,13-17H2,1-9H3,(H,29,33)/t19-,20+,22?. The lowest BCUT2D eigenvalue weighted by atomic mass is 9.96. The molecule has 2 amide bonds. The second-order valence-electron chi connectivity index (χ2n) is 13.4. The third-order valence-corrected chi connectivity index (χ3v) is 9.81. The molecular weight excluding hydrogens is 516 g/mol. The van der Waals surface area contributed by atoms with Gasteiger partial charge in [0.15, 0.2) is 0 Å². The van der Waals surface area contributed by atoms with Gasteiger partial charge in [-0.3, -0.25) is 4.79 Å². The number of aromatic nitrogens is 2. The van der Waals surface area contributed by atoms with Crippen LogP contribution in [0.25, 0.3) is 10.9 Å². The van der Waals surface area contributed by atoms with Crippen molar-refractivity contribution in [2.24, 2.45) is 17.8 Å². The normalized spacial score (nSPS) is 21.5. The van der Waals surface area contributed by atoms with E-state index in [0.717, 1.165) is 34.1 Å². The average molecular weight is 561 g/mol. The molecule has 0 bridgehead atoms. The summed E-state index contributed by atoms with van der Waals surface area (Å²) >= 11 is 1.69. The average Bonchev–Trinajstić information content (AvgIpc) is 3.12. The van der Waals surface area contributed by atoms with Crippen LogP contribution < -0.4 is 5.32 Å². The van der Waals surface area contributed by atoms with E-state index in [1.54, 1.807) is 16.7 Å². The number of ether oxygens (including phenoxy) is 2. The van der Waals surface area contributed by atoms with Crippen molar-refractivity contribution in [3.05, 3.63) is 23.9 Å². The van der Waals surface area contributed by atoms with E-state index < -0.39 is 19.2 Å². The lowest BCUT2D eigenvalue weighted by Gasteiger charge is -2.27. The monoisotopic (exact) mass is 560 g/mol. The van der Waals surface area contributed by atoms with Crippen molar-refractivity contribution >= 4 is 42.7 Å². The minimum Gasteiger partial charge on any atom is -0.444 e. The van der Waals surface area contributed by atoms with Crippen LogP contribution in [0.2, 0.25) is 25.7 Å². The van der Waals surface area contributed by atoms with Crippen LogP contribution in [0.5, 0.6) is 0 Å². The SMILES string of the molecule is CSc1cccc2c(C(C)(C)NC(=O)C3[C@H]4CN(C(=O)OC(C)(C)C)C[C@@H]34)nn(COCC[Si](C)(C)C)c12. The number of nitrogens with zero attached hydrogens (tertiary/aromatic N) is 3. The van der Waals surface area contributed by atoms with Gasteiger partial charge in [-0.1, -0.05) is 31.8 Å². The minimum absolute atomic E-state index is 0.0314. The molecule has 2 aromatic rings. The first-order chi connectivity index (χ1) is 17.6. The Labute approximate surface area is 232 Å². The third kappa shape index (κ3) is 6.39. The molecule has 2 heterocycles. The van der Waals surface area contributed by atoms with Crippen molar-refractivity contribution in [2.75, 3.05) is 26.0 Å². The van der Waals surface area contributed by atoms with Gasteiger partial charge in [0.25, 0.3) is 0 Å². The number of thioether (sulfide) groups is 1. The van der Waals surface area contributed by atoms with Gasteiger partial charge in [0.1, 0.15) is 12.3 Å². The molecular formula is C28H44N4O4SSi. The van der Waals surface area contributed by atoms with Crippen LogP contribution in [0.4, 0.5) is 4.79 Å². The van der Waals surface area contributed by atoms with Crippen molar-refractivity contribution in [1.82, 2.24) is 20.0 Å². The zero-order valence-corrected chi connectivity index (χ0v) is 26.2. The number of fused-ring (bicyclic) bond motifs is 2. The number of likely N-dealkylation sites (tertiary alicyclic amines) is 1. The minimum atomic E-state index is -1.18. The quantitative estimate of drug-likeness (QED) is 0.246. The first kappa shape index (κ1) is 29.0. The highest BCUT2D eigenvalue weighted by molar-refractivity contribution is 7.98. The van der Waals surface area contributed by atoms with E-state index in [-0.39, 0.29) is 29.8 Å². The molecule has 0 spiro atoms. The molecule has 1 saturated heterocycles. The Balaban J connectivity index is 1.45. The number of carbonyl (C=O) groups excluding carboxylic acids is 2. The zero-order valence-electron chi connectivity index (χ0n) is 24.4. The molecule has 1 aromatic heterocycles. The molecule has 1 unspecified atom stereocenters. The number of para-hydroxylation sites is 1. The number of amides is 2. The molecule has 2 fully saturated rings. The molecule has 2 aliphatic rings. The van der Waals surface area contributed by atoms with Gasteiger partial charge in [-0.15, -0.1) is 11.8 Å². The Morgan fingerprint density at radius 1 is 1.13 bits per heavy atom. The fourth-order valence-corrected chi connectivity index (χ4v) is 6.67. The van der Waals surface area contributed by atoms with E-state index in [4.69, 9.17) is 14.6 Å². The second-order valence-corrected chi connectivity index (χ2v) is 19.9. The van der Waals surface area contributed by atoms with Gasteiger partial charge in [0, 0.05) is 44.0 Å². The summed E-state index contributed by atoms with van der Waals surface area (Å²) in [5, 5.41) is 9.30. The highest BCUT2D eigenvalue weighted by atomic mass is 32.2. The summed E-state index contributed by atoms with van der Waals surface area (Å²) in [5.74, 6) is 0.336. The smallest absolute Gasteiger partial charge is 0.410 e. The highest BCUT2D eigenvalue weighted by Crippen LogP contribution is 2.52. The molecule has 4 rings (SSSR count). The molecule has 0 radical (unpaired) electrons. The fraction of sp³-hybridized carbons (Fsp3) is 0.679. The third-order valence-electron chi connectivity index (χ3n) is 7.34. The van der Waals surface area contributed by atoms with Gasteiger partial charge in [0.2, 0.25) is 5.91 Å². The number of hydrogen-bond donors (Lipinski definition) is 1. The summed E-state index contributed by atoms with van der Waals surface area (Å²) in [4.78, 5) is 28.7. The van der Waals surface area contributed by atoms with Crippen molar-refractivity contribution in [2.45, 2.75) is 83.1 Å². The van der Waals surface area contributed by atoms with Crippen molar-refractivity contribution < 1.29 is 19.1 Å². The van der Waals surface area contributed by atoms with Gasteiger partial charge in [-0.2, -0.15) is 5.10 Å². The Kier molecular flexibility index (Phi) is 8.00. The van der Waals surface area contributed by atoms with Gasteiger partial charge < -0.3 is 19.7 Å². The predicted molar refractivity (Wildman–Crippen MR) is 155 cm³/mol. The van der Waals surface area contributed by atoms with E-state index in [2.05, 4.69) is 43.3 Å². The summed E-state index contributed by atoms with van der Waals surface area (Å²) < 4.78 is 13.5. The second kappa shape index (κ2) is 10.5. The summed E-state index contributed by atoms with van der Waals surface area (Å²) in [6, 6.07) is 7.33. The van der Waals surface area contributed by atoms with Crippen LogP contribution in [0.15, 0.2) is 23.1 Å². The van der Waals surface area contributed by atoms with Crippen LogP contribution in [0, 0.1) is 17.8 Å². The molecule has 210 valence electrons. The first-order valence-electron chi connectivity index (χ1n) is 13.5. The number of nitrogens with one attached hydrogen (secondary N) is 1. The predicted octanol–water partition coefficient (Wildman–Crippen LogP) is 5.53. The summed E-state index contributed by atoms with van der Waals surface area (Å²) in [5.41, 5.74) is 0.692. The number of benzene rings is 1. The van der Waals surface area contributed by atoms with Crippen LogP contribution in [-0.2, 0) is 26.5 Å². The maximum atomic E-state index is 13.4. The maximum absolute atomic E-state index is 13.4. The number of piperidine rings is 1. The Bertz CT molecular complexity index is 1190. The zero-order chi connectivity index (χ0) is 28.0. The van der Waals surface area contributed by atoms with E-state index in [1.165, 1.54) is 0 Å². The Morgan fingerprint density at radius 3 is 2.37 bits per heavy atom. The Morgan fingerprint density at radius 2 is 1.79 bits per heavy atom. The molecule has 10 heteroatoms. The summed E-state index contributed by atoms with van der Waals surface area (Å²) in [6.07, 6.45) is 1.77. The first-order valence-corrected chi connectivity index (χ1v) is 18.5. The lowest BCUT2D eigenvalue weighted by Crippen LogP contribution is -2.44. The van der Waals surface area contributed by atoms with Crippen molar-refractivity contribution in [3.8, 4) is 0 Å². The van der Waals surface area contributed by atoms with Gasteiger partial charge >= 0.3 is 6.09 Å². The molecule has 38 heavy (non-hydrogen) atoms. The molecule has 1 saturated carbocycles.